The molecular formula is C11H16ClNOS. The number of ether oxygens (including phenoxy) is 1. The Balaban J connectivity index is 2.41. The Bertz CT molecular complexity index is 296. The van der Waals surface area contributed by atoms with Gasteiger partial charge in [0.1, 0.15) is 0 Å². The maximum Gasteiger partial charge on any atom is 0.0790 e. The molecule has 0 heterocycles. The number of nitrogens with two attached hydrogens (primary N) is 1. The van der Waals surface area contributed by atoms with Crippen molar-refractivity contribution in [3.63, 3.8) is 0 Å². The van der Waals surface area contributed by atoms with Gasteiger partial charge in [-0.25, -0.2) is 0 Å². The smallest absolute Gasteiger partial charge is 0.0790 e. The van der Waals surface area contributed by atoms with Gasteiger partial charge >= 0.3 is 0 Å². The van der Waals surface area contributed by atoms with Crippen molar-refractivity contribution in [2.75, 3.05) is 18.9 Å². The van der Waals surface area contributed by atoms with Gasteiger partial charge in [0.15, 0.2) is 0 Å². The van der Waals surface area contributed by atoms with Crippen LogP contribution in [0.5, 0.6) is 0 Å². The van der Waals surface area contributed by atoms with Crippen molar-refractivity contribution in [3.8, 4) is 0 Å². The molecule has 1 atom stereocenters. The summed E-state index contributed by atoms with van der Waals surface area (Å²) in [5, 5.41) is 0.765. The molecule has 1 aromatic carbocycles. The van der Waals surface area contributed by atoms with Crippen LogP contribution in [-0.2, 0) is 4.74 Å². The molecule has 0 saturated carbocycles. The lowest BCUT2D eigenvalue weighted by molar-refractivity contribution is 0.0858. The molecule has 4 heteroatoms. The molecule has 2 N–H and O–H groups in total. The van der Waals surface area contributed by atoms with Gasteiger partial charge in [0.2, 0.25) is 0 Å². The normalized spacial score (nSPS) is 12.7. The van der Waals surface area contributed by atoms with Gasteiger partial charge in [-0.1, -0.05) is 17.7 Å². The van der Waals surface area contributed by atoms with Crippen molar-refractivity contribution in [1.29, 1.82) is 0 Å². The lowest BCUT2D eigenvalue weighted by Gasteiger charge is -2.14. The first-order valence-corrected chi connectivity index (χ1v) is 6.32. The third kappa shape index (κ3) is 4.89. The topological polar surface area (TPSA) is 35.2 Å². The Labute approximate surface area is 100 Å². The van der Waals surface area contributed by atoms with E-state index in [0.717, 1.165) is 15.7 Å². The van der Waals surface area contributed by atoms with Crippen LogP contribution in [0.2, 0.25) is 5.02 Å². The van der Waals surface area contributed by atoms with Crippen LogP contribution < -0.4 is 5.73 Å². The van der Waals surface area contributed by atoms with E-state index in [4.69, 9.17) is 22.1 Å². The largest absolute Gasteiger partial charge is 0.376 e. The van der Waals surface area contributed by atoms with Gasteiger partial charge in [-0.15, -0.1) is 11.8 Å². The maximum atomic E-state index is 5.89. The number of benzene rings is 1. The summed E-state index contributed by atoms with van der Waals surface area (Å²) in [5.74, 6) is 0.866. The molecule has 0 aliphatic carbocycles. The SMILES string of the molecule is CCOC(CN)CSc1cccc(Cl)c1. The second-order valence-corrected chi connectivity index (χ2v) is 4.61. The van der Waals surface area contributed by atoms with E-state index >= 15 is 0 Å². The Morgan fingerprint density at radius 2 is 2.33 bits per heavy atom. The zero-order valence-electron chi connectivity index (χ0n) is 8.78. The number of thioether (sulfide) groups is 1. The quantitative estimate of drug-likeness (QED) is 0.783. The van der Waals surface area contributed by atoms with Crippen molar-refractivity contribution >= 4 is 23.4 Å². The first-order valence-electron chi connectivity index (χ1n) is 4.96. The molecule has 1 rings (SSSR count). The monoisotopic (exact) mass is 245 g/mol. The summed E-state index contributed by atoms with van der Waals surface area (Å²) in [5.41, 5.74) is 5.59. The third-order valence-corrected chi connectivity index (χ3v) is 3.26. The van der Waals surface area contributed by atoms with Crippen LogP contribution in [0, 0.1) is 0 Å². The second kappa shape index (κ2) is 7.12. The minimum atomic E-state index is 0.124. The Hall–Kier alpha value is -0.220. The van der Waals surface area contributed by atoms with Gasteiger partial charge in [0, 0.05) is 28.8 Å². The van der Waals surface area contributed by atoms with Gasteiger partial charge in [0.25, 0.3) is 0 Å². The summed E-state index contributed by atoms with van der Waals surface area (Å²) in [6.45, 7) is 3.24. The zero-order chi connectivity index (χ0) is 11.1. The second-order valence-electron chi connectivity index (χ2n) is 3.08. The maximum absolute atomic E-state index is 5.89. The highest BCUT2D eigenvalue weighted by atomic mass is 35.5. The van der Waals surface area contributed by atoms with Gasteiger partial charge in [-0.05, 0) is 25.1 Å². The molecule has 0 spiro atoms. The fraction of sp³-hybridized carbons (Fsp3) is 0.455. The zero-order valence-corrected chi connectivity index (χ0v) is 10.4. The van der Waals surface area contributed by atoms with E-state index in [-0.39, 0.29) is 6.10 Å². The molecule has 0 fully saturated rings. The van der Waals surface area contributed by atoms with Crippen molar-refractivity contribution in [1.82, 2.24) is 0 Å². The summed E-state index contributed by atoms with van der Waals surface area (Å²) in [4.78, 5) is 1.15. The third-order valence-electron chi connectivity index (χ3n) is 1.90. The van der Waals surface area contributed by atoms with Gasteiger partial charge in [-0.3, -0.25) is 0 Å². The standard InChI is InChI=1S/C11H16ClNOS/c1-2-14-10(7-13)8-15-11-5-3-4-9(12)6-11/h3-6,10H,2,7-8,13H2,1H3. The van der Waals surface area contributed by atoms with Crippen LogP contribution in [0.3, 0.4) is 0 Å². The summed E-state index contributed by atoms with van der Waals surface area (Å²) < 4.78 is 5.46. The van der Waals surface area contributed by atoms with E-state index in [0.29, 0.717) is 13.2 Å². The molecule has 0 bridgehead atoms. The van der Waals surface area contributed by atoms with Gasteiger partial charge in [-0.2, -0.15) is 0 Å². The number of halogens is 1. The fourth-order valence-corrected chi connectivity index (χ4v) is 2.42. The molecule has 0 saturated heterocycles. The van der Waals surface area contributed by atoms with Crippen LogP contribution in [0.1, 0.15) is 6.92 Å². The van der Waals surface area contributed by atoms with E-state index < -0.39 is 0 Å². The predicted molar refractivity (Wildman–Crippen MR) is 66.6 cm³/mol. The average Bonchev–Trinajstić information content (AvgIpc) is 2.24. The van der Waals surface area contributed by atoms with Crippen molar-refractivity contribution in [2.45, 2.75) is 17.9 Å². The molecule has 0 aliphatic rings. The Morgan fingerprint density at radius 1 is 1.53 bits per heavy atom. The van der Waals surface area contributed by atoms with Crippen LogP contribution in [0.15, 0.2) is 29.2 Å². The van der Waals surface area contributed by atoms with E-state index in [2.05, 4.69) is 0 Å². The lowest BCUT2D eigenvalue weighted by Crippen LogP contribution is -2.26. The fourth-order valence-electron chi connectivity index (χ4n) is 1.17. The predicted octanol–water partition coefficient (Wildman–Crippen LogP) is 2.80. The molecule has 84 valence electrons. The number of hydrogen-bond donors (Lipinski definition) is 1. The average molecular weight is 246 g/mol. The first-order chi connectivity index (χ1) is 7.26. The van der Waals surface area contributed by atoms with Crippen LogP contribution >= 0.6 is 23.4 Å². The van der Waals surface area contributed by atoms with Crippen LogP contribution in [-0.4, -0.2) is 25.0 Å². The molecule has 0 radical (unpaired) electrons. The van der Waals surface area contributed by atoms with E-state index in [9.17, 15) is 0 Å². The molecule has 1 unspecified atom stereocenters. The number of rotatable bonds is 6. The molecule has 0 amide bonds. The highest BCUT2D eigenvalue weighted by molar-refractivity contribution is 7.99. The number of hydrogen-bond acceptors (Lipinski definition) is 3. The molecule has 1 aromatic rings. The molecule has 15 heavy (non-hydrogen) atoms. The van der Waals surface area contributed by atoms with Crippen LogP contribution in [0.25, 0.3) is 0 Å². The van der Waals surface area contributed by atoms with Gasteiger partial charge in [0.05, 0.1) is 6.10 Å². The molecule has 0 aliphatic heterocycles. The van der Waals surface area contributed by atoms with E-state index in [1.807, 2.05) is 31.2 Å². The Morgan fingerprint density at radius 3 is 2.93 bits per heavy atom. The first kappa shape index (κ1) is 12.8. The molecular weight excluding hydrogens is 230 g/mol. The van der Waals surface area contributed by atoms with E-state index in [1.54, 1.807) is 11.8 Å². The minimum absolute atomic E-state index is 0.124. The molecule has 2 nitrogen and oxygen atoms in total. The Kier molecular flexibility index (Phi) is 6.10. The lowest BCUT2D eigenvalue weighted by atomic mass is 10.4. The summed E-state index contributed by atoms with van der Waals surface area (Å²) in [6.07, 6.45) is 0.124. The van der Waals surface area contributed by atoms with E-state index in [1.165, 1.54) is 0 Å². The van der Waals surface area contributed by atoms with Crippen LogP contribution in [0.4, 0.5) is 0 Å². The highest BCUT2D eigenvalue weighted by Gasteiger charge is 2.06. The minimum Gasteiger partial charge on any atom is -0.376 e. The molecule has 0 aromatic heterocycles. The van der Waals surface area contributed by atoms with Crippen molar-refractivity contribution in [3.05, 3.63) is 29.3 Å². The summed E-state index contributed by atoms with van der Waals surface area (Å²) in [6, 6.07) is 7.80. The van der Waals surface area contributed by atoms with Crippen molar-refractivity contribution < 1.29 is 4.74 Å². The van der Waals surface area contributed by atoms with Gasteiger partial charge < -0.3 is 10.5 Å². The summed E-state index contributed by atoms with van der Waals surface area (Å²) in [7, 11) is 0. The van der Waals surface area contributed by atoms with Crippen molar-refractivity contribution in [2.24, 2.45) is 5.73 Å². The summed E-state index contributed by atoms with van der Waals surface area (Å²) >= 11 is 7.60. The highest BCUT2D eigenvalue weighted by Crippen LogP contribution is 2.22.